The van der Waals surface area contributed by atoms with Crippen molar-refractivity contribution < 1.29 is 23.9 Å². The largest absolute Gasteiger partial charge is 0.466 e. The van der Waals surface area contributed by atoms with Gasteiger partial charge in [-0.15, -0.1) is 0 Å². The number of aromatic nitrogens is 3. The van der Waals surface area contributed by atoms with Crippen molar-refractivity contribution in [3.63, 3.8) is 0 Å². The SMILES string of the molecule is CCOC(=O)CC[C@H](NC(=O)c1ccc(Sc2[nH]c3nc(N)nc(N)c3c2C)cc1)C(=O)OCC. The van der Waals surface area contributed by atoms with Gasteiger partial charge in [-0.1, -0.05) is 11.8 Å². The van der Waals surface area contributed by atoms with E-state index in [2.05, 4.69) is 20.3 Å². The van der Waals surface area contributed by atoms with E-state index in [4.69, 9.17) is 20.9 Å². The molecular weight excluding hydrogens is 472 g/mol. The molecule has 3 aromatic rings. The monoisotopic (exact) mass is 500 g/mol. The number of aryl methyl sites for hydroxylation is 1. The number of H-pyrrole nitrogens is 1. The van der Waals surface area contributed by atoms with Crippen molar-refractivity contribution in [3.05, 3.63) is 35.4 Å². The Morgan fingerprint density at radius 2 is 1.77 bits per heavy atom. The van der Waals surface area contributed by atoms with Gasteiger partial charge >= 0.3 is 11.9 Å². The average molecular weight is 501 g/mol. The Bertz CT molecular complexity index is 1230. The minimum atomic E-state index is -0.964. The molecule has 0 bridgehead atoms. The zero-order valence-electron chi connectivity index (χ0n) is 19.7. The van der Waals surface area contributed by atoms with Crippen molar-refractivity contribution in [1.29, 1.82) is 0 Å². The van der Waals surface area contributed by atoms with Crippen LogP contribution >= 0.6 is 11.8 Å². The van der Waals surface area contributed by atoms with Gasteiger partial charge in [-0.05, 0) is 57.0 Å². The molecule has 1 atom stereocenters. The topological polar surface area (TPSA) is 175 Å². The number of fused-ring (bicyclic) bond motifs is 1. The summed E-state index contributed by atoms with van der Waals surface area (Å²) in [7, 11) is 0. The number of hydrogen-bond donors (Lipinski definition) is 4. The first-order valence-electron chi connectivity index (χ1n) is 11.1. The molecule has 3 rings (SSSR count). The van der Waals surface area contributed by atoms with E-state index in [1.54, 1.807) is 38.1 Å². The summed E-state index contributed by atoms with van der Waals surface area (Å²) < 4.78 is 9.93. The number of benzene rings is 1. The van der Waals surface area contributed by atoms with E-state index in [1.807, 2.05) is 6.92 Å². The van der Waals surface area contributed by atoms with E-state index in [0.29, 0.717) is 22.4 Å². The van der Waals surface area contributed by atoms with Crippen molar-refractivity contribution in [2.45, 2.75) is 49.6 Å². The lowest BCUT2D eigenvalue weighted by molar-refractivity contribution is -0.146. The quantitative estimate of drug-likeness (QED) is 0.303. The van der Waals surface area contributed by atoms with Gasteiger partial charge in [0.25, 0.3) is 5.91 Å². The van der Waals surface area contributed by atoms with Gasteiger partial charge in [0.15, 0.2) is 0 Å². The minimum Gasteiger partial charge on any atom is -0.466 e. The number of nitrogens with zero attached hydrogens (tertiary/aromatic N) is 2. The second-order valence-corrected chi connectivity index (χ2v) is 8.60. The lowest BCUT2D eigenvalue weighted by Gasteiger charge is -2.17. The zero-order valence-corrected chi connectivity index (χ0v) is 20.5. The number of carbonyl (C=O) groups is 3. The molecule has 0 aliphatic rings. The van der Waals surface area contributed by atoms with Crippen molar-refractivity contribution in [2.24, 2.45) is 0 Å². The molecule has 0 saturated carbocycles. The second-order valence-electron chi connectivity index (χ2n) is 7.52. The minimum absolute atomic E-state index is 0.0163. The van der Waals surface area contributed by atoms with E-state index >= 15 is 0 Å². The summed E-state index contributed by atoms with van der Waals surface area (Å²) in [6, 6.07) is 5.90. The molecule has 0 spiro atoms. The molecule has 0 aliphatic carbocycles. The molecule has 186 valence electrons. The third-order valence-corrected chi connectivity index (χ3v) is 6.18. The Balaban J connectivity index is 1.70. The van der Waals surface area contributed by atoms with Gasteiger partial charge in [0.2, 0.25) is 5.95 Å². The summed E-state index contributed by atoms with van der Waals surface area (Å²) in [6.45, 7) is 5.68. The molecule has 2 aromatic heterocycles. The first kappa shape index (κ1) is 25.8. The highest BCUT2D eigenvalue weighted by Gasteiger charge is 2.24. The molecule has 0 saturated heterocycles. The van der Waals surface area contributed by atoms with Gasteiger partial charge in [0.1, 0.15) is 17.5 Å². The molecule has 11 nitrogen and oxygen atoms in total. The first-order valence-corrected chi connectivity index (χ1v) is 11.9. The number of amides is 1. The molecule has 2 heterocycles. The normalized spacial score (nSPS) is 11.7. The Kier molecular flexibility index (Phi) is 8.53. The maximum absolute atomic E-state index is 12.8. The van der Waals surface area contributed by atoms with Gasteiger partial charge in [-0.3, -0.25) is 9.59 Å². The summed E-state index contributed by atoms with van der Waals surface area (Å²) in [5.74, 6) is -1.11. The number of aromatic amines is 1. The highest BCUT2D eigenvalue weighted by atomic mass is 32.2. The number of nitrogens with two attached hydrogens (primary N) is 2. The van der Waals surface area contributed by atoms with Crippen LogP contribution in [0.4, 0.5) is 11.8 Å². The van der Waals surface area contributed by atoms with Crippen LogP contribution < -0.4 is 16.8 Å². The van der Waals surface area contributed by atoms with Gasteiger partial charge < -0.3 is 31.2 Å². The van der Waals surface area contributed by atoms with Crippen molar-refractivity contribution in [3.8, 4) is 0 Å². The fraction of sp³-hybridized carbons (Fsp3) is 0.348. The van der Waals surface area contributed by atoms with Crippen LogP contribution in [-0.4, -0.2) is 52.1 Å². The van der Waals surface area contributed by atoms with Gasteiger partial charge in [0, 0.05) is 16.9 Å². The summed E-state index contributed by atoms with van der Waals surface area (Å²) in [5, 5.41) is 4.19. The highest BCUT2D eigenvalue weighted by Crippen LogP contribution is 2.35. The number of nitrogens with one attached hydrogen (secondary N) is 2. The lowest BCUT2D eigenvalue weighted by atomic mass is 10.1. The van der Waals surface area contributed by atoms with Crippen LogP contribution in [0.1, 0.15) is 42.6 Å². The molecule has 0 aliphatic heterocycles. The number of carbonyl (C=O) groups excluding carboxylic acids is 3. The van der Waals surface area contributed by atoms with E-state index < -0.39 is 23.9 Å². The zero-order chi connectivity index (χ0) is 25.5. The Morgan fingerprint density at radius 1 is 1.09 bits per heavy atom. The second kappa shape index (κ2) is 11.6. The number of ether oxygens (including phenoxy) is 2. The Labute approximate surface area is 206 Å². The molecule has 0 unspecified atom stereocenters. The smallest absolute Gasteiger partial charge is 0.328 e. The van der Waals surface area contributed by atoms with Gasteiger partial charge in [-0.25, -0.2) is 4.79 Å². The van der Waals surface area contributed by atoms with Crippen molar-refractivity contribution >= 4 is 52.4 Å². The predicted octanol–water partition coefficient (Wildman–Crippen LogP) is 2.59. The first-order chi connectivity index (χ1) is 16.7. The fourth-order valence-corrected chi connectivity index (χ4v) is 4.30. The maximum atomic E-state index is 12.8. The molecule has 35 heavy (non-hydrogen) atoms. The van der Waals surface area contributed by atoms with Crippen LogP contribution in [0.5, 0.6) is 0 Å². The van der Waals surface area contributed by atoms with Crippen LogP contribution in [0.25, 0.3) is 11.0 Å². The summed E-state index contributed by atoms with van der Waals surface area (Å²) in [6.07, 6.45) is 0.0606. The summed E-state index contributed by atoms with van der Waals surface area (Å²) in [5.41, 5.74) is 13.5. The molecular formula is C23H28N6O5S. The van der Waals surface area contributed by atoms with Gasteiger partial charge in [0.05, 0.1) is 23.6 Å². The molecule has 12 heteroatoms. The third kappa shape index (κ3) is 6.41. The predicted molar refractivity (Wildman–Crippen MR) is 132 cm³/mol. The molecule has 0 radical (unpaired) electrons. The number of esters is 2. The number of rotatable bonds is 10. The summed E-state index contributed by atoms with van der Waals surface area (Å²) >= 11 is 1.44. The van der Waals surface area contributed by atoms with Crippen molar-refractivity contribution in [1.82, 2.24) is 20.3 Å². The highest BCUT2D eigenvalue weighted by molar-refractivity contribution is 7.99. The van der Waals surface area contributed by atoms with Crippen LogP contribution in [-0.2, 0) is 19.1 Å². The molecule has 0 fully saturated rings. The molecule has 1 aromatic carbocycles. The maximum Gasteiger partial charge on any atom is 0.328 e. The van der Waals surface area contributed by atoms with Crippen LogP contribution in [0.3, 0.4) is 0 Å². The summed E-state index contributed by atoms with van der Waals surface area (Å²) in [4.78, 5) is 48.9. The molecule has 6 N–H and O–H groups in total. The van der Waals surface area contributed by atoms with Crippen LogP contribution in [0.2, 0.25) is 0 Å². The van der Waals surface area contributed by atoms with Crippen molar-refractivity contribution in [2.75, 3.05) is 24.7 Å². The lowest BCUT2D eigenvalue weighted by Crippen LogP contribution is -2.42. The number of hydrogen-bond acceptors (Lipinski definition) is 10. The fourth-order valence-electron chi connectivity index (χ4n) is 3.39. The van der Waals surface area contributed by atoms with Crippen LogP contribution in [0, 0.1) is 6.92 Å². The Morgan fingerprint density at radius 3 is 2.43 bits per heavy atom. The van der Waals surface area contributed by atoms with E-state index in [1.165, 1.54) is 11.8 Å². The van der Waals surface area contributed by atoms with E-state index in [9.17, 15) is 14.4 Å². The number of anilines is 2. The standard InChI is InChI=1S/C23H28N6O5S/c1-4-33-16(30)11-10-15(22(32)34-5-2)26-20(31)13-6-8-14(9-7-13)35-21-12(3)17-18(24)27-23(25)29-19(17)28-21/h6-9,15H,4-5,10-11H2,1-3H3,(H,26,31)(H5,24,25,27,28,29)/t15-/m0/s1. The van der Waals surface area contributed by atoms with E-state index in [-0.39, 0.29) is 32.0 Å². The van der Waals surface area contributed by atoms with Gasteiger partial charge in [-0.2, -0.15) is 9.97 Å². The third-order valence-electron chi connectivity index (χ3n) is 5.06. The Hall–Kier alpha value is -3.80. The van der Waals surface area contributed by atoms with E-state index in [0.717, 1.165) is 15.5 Å². The average Bonchev–Trinajstić information content (AvgIpc) is 3.12. The van der Waals surface area contributed by atoms with Crippen LogP contribution in [0.15, 0.2) is 34.2 Å². The molecule has 1 amide bonds. The number of nitrogen functional groups attached to an aromatic ring is 2.